The minimum Gasteiger partial charge on any atom is -0.461 e. The maximum absolute atomic E-state index is 13.9. The fourth-order valence-corrected chi connectivity index (χ4v) is 4.53. The third kappa shape index (κ3) is 3.96. The molecule has 1 aromatic carbocycles. The van der Waals surface area contributed by atoms with Crippen molar-refractivity contribution < 1.29 is 18.7 Å². The molecule has 0 N–H and O–H groups in total. The topological polar surface area (TPSA) is 67.7 Å². The summed E-state index contributed by atoms with van der Waals surface area (Å²) in [5.41, 5.74) is 0.0993. The molecule has 4 rings (SSSR count). The van der Waals surface area contributed by atoms with E-state index >= 15 is 0 Å². The molecule has 2 aliphatic heterocycles. The molecule has 0 aliphatic carbocycles. The lowest BCUT2D eigenvalue weighted by molar-refractivity contribution is -0.151. The number of carbonyl (C=O) groups excluding carboxylic acids is 2. The zero-order valence-electron chi connectivity index (χ0n) is 17.4. The Morgan fingerprint density at radius 1 is 1.33 bits per heavy atom. The van der Waals surface area contributed by atoms with Crippen LogP contribution in [0.1, 0.15) is 35.4 Å². The number of piperidine rings is 1. The second-order valence-electron chi connectivity index (χ2n) is 8.45. The van der Waals surface area contributed by atoms with Crippen molar-refractivity contribution in [1.82, 2.24) is 19.4 Å². The molecule has 1 unspecified atom stereocenters. The second-order valence-corrected chi connectivity index (χ2v) is 8.45. The van der Waals surface area contributed by atoms with Crippen LogP contribution in [0, 0.1) is 11.2 Å². The number of carbonyl (C=O) groups is 2. The molecule has 0 bridgehead atoms. The molecular formula is C22H27FN4O3. The monoisotopic (exact) mass is 414 g/mol. The lowest BCUT2D eigenvalue weighted by atomic mass is 9.76. The average molecular weight is 414 g/mol. The van der Waals surface area contributed by atoms with Crippen molar-refractivity contribution in [2.24, 2.45) is 12.5 Å². The van der Waals surface area contributed by atoms with Crippen LogP contribution < -0.4 is 0 Å². The number of hydrogen-bond acceptors (Lipinski definition) is 5. The molecule has 0 radical (unpaired) electrons. The third-order valence-corrected chi connectivity index (χ3v) is 6.26. The number of rotatable bonds is 5. The summed E-state index contributed by atoms with van der Waals surface area (Å²) < 4.78 is 21.3. The maximum atomic E-state index is 13.9. The molecule has 2 fully saturated rings. The van der Waals surface area contributed by atoms with Crippen LogP contribution in [0.15, 0.2) is 36.7 Å². The number of halogens is 1. The van der Waals surface area contributed by atoms with Gasteiger partial charge in [-0.3, -0.25) is 14.5 Å². The van der Waals surface area contributed by atoms with Crippen LogP contribution in [0.25, 0.3) is 0 Å². The highest BCUT2D eigenvalue weighted by Crippen LogP contribution is 2.43. The van der Waals surface area contributed by atoms with Crippen molar-refractivity contribution in [3.63, 3.8) is 0 Å². The molecule has 8 heteroatoms. The summed E-state index contributed by atoms with van der Waals surface area (Å²) in [7, 11) is 3.70. The van der Waals surface area contributed by atoms with Crippen molar-refractivity contribution in [1.29, 1.82) is 0 Å². The number of nitrogens with zero attached hydrogens (tertiary/aromatic N) is 4. The predicted octanol–water partition coefficient (Wildman–Crippen LogP) is 2.23. The van der Waals surface area contributed by atoms with Gasteiger partial charge in [0.1, 0.15) is 11.9 Å². The number of cyclic esters (lactones) is 1. The second kappa shape index (κ2) is 8.18. The quantitative estimate of drug-likeness (QED) is 0.702. The van der Waals surface area contributed by atoms with Crippen molar-refractivity contribution in [3.05, 3.63) is 53.9 Å². The van der Waals surface area contributed by atoms with Gasteiger partial charge in [0.15, 0.2) is 5.82 Å². The van der Waals surface area contributed by atoms with E-state index in [-0.39, 0.29) is 23.8 Å². The van der Waals surface area contributed by atoms with Crippen LogP contribution in [0.2, 0.25) is 0 Å². The number of aryl methyl sites for hydroxylation is 1. The van der Waals surface area contributed by atoms with E-state index in [1.165, 1.54) is 6.07 Å². The number of imidazole rings is 1. The van der Waals surface area contributed by atoms with Crippen LogP contribution in [-0.2, 0) is 23.1 Å². The molecule has 1 atom stereocenters. The fraction of sp³-hybridized carbons (Fsp3) is 0.500. The average Bonchev–Trinajstić information content (AvgIpc) is 3.27. The van der Waals surface area contributed by atoms with E-state index in [9.17, 15) is 14.0 Å². The van der Waals surface area contributed by atoms with Gasteiger partial charge in [0, 0.05) is 57.6 Å². The van der Waals surface area contributed by atoms with Crippen LogP contribution in [0.4, 0.5) is 4.39 Å². The van der Waals surface area contributed by atoms with Crippen LogP contribution in [0.5, 0.6) is 0 Å². The summed E-state index contributed by atoms with van der Waals surface area (Å²) >= 11 is 0. The van der Waals surface area contributed by atoms with Crippen molar-refractivity contribution in [3.8, 4) is 0 Å². The fourth-order valence-electron chi connectivity index (χ4n) is 4.53. The molecule has 1 spiro atoms. The Kier molecular flexibility index (Phi) is 5.60. The molecule has 0 saturated carbocycles. The van der Waals surface area contributed by atoms with E-state index in [0.717, 1.165) is 0 Å². The Labute approximate surface area is 175 Å². The highest BCUT2D eigenvalue weighted by atomic mass is 19.1. The van der Waals surface area contributed by atoms with E-state index in [2.05, 4.69) is 4.98 Å². The van der Waals surface area contributed by atoms with Gasteiger partial charge in [-0.1, -0.05) is 18.2 Å². The van der Waals surface area contributed by atoms with Crippen LogP contribution in [0.3, 0.4) is 0 Å². The van der Waals surface area contributed by atoms with Gasteiger partial charge >= 0.3 is 5.97 Å². The molecule has 160 valence electrons. The van der Waals surface area contributed by atoms with Gasteiger partial charge < -0.3 is 14.2 Å². The van der Waals surface area contributed by atoms with Crippen LogP contribution in [-0.4, -0.2) is 64.0 Å². The van der Waals surface area contributed by atoms with Crippen molar-refractivity contribution >= 4 is 11.9 Å². The van der Waals surface area contributed by atoms with Gasteiger partial charge in [-0.15, -0.1) is 0 Å². The first-order valence-electron chi connectivity index (χ1n) is 10.3. The number of ether oxygens (including phenoxy) is 1. The highest BCUT2D eigenvalue weighted by molar-refractivity contribution is 5.91. The summed E-state index contributed by atoms with van der Waals surface area (Å²) in [5, 5.41) is 0. The summed E-state index contributed by atoms with van der Waals surface area (Å²) in [4.78, 5) is 33.2. The van der Waals surface area contributed by atoms with Gasteiger partial charge in [0.2, 0.25) is 0 Å². The Bertz CT molecular complexity index is 936. The number of amides is 1. The smallest absolute Gasteiger partial charge is 0.312 e. The van der Waals surface area contributed by atoms with Crippen molar-refractivity contribution in [2.75, 3.05) is 26.7 Å². The standard InChI is InChI=1S/C22H27FN4O3/c1-25(14-16-5-3-4-6-18(16)23)15-17-13-22(21(29)30-17)7-10-27(11-8-22)20(28)19-24-9-12-26(19)2/h3-6,9,12,17H,7-8,10-11,13-15H2,1-2H3. The minimum atomic E-state index is -0.526. The summed E-state index contributed by atoms with van der Waals surface area (Å²) in [5.74, 6) is -0.0950. The third-order valence-electron chi connectivity index (χ3n) is 6.26. The van der Waals surface area contributed by atoms with E-state index in [4.69, 9.17) is 4.74 Å². The highest BCUT2D eigenvalue weighted by Gasteiger charge is 2.51. The van der Waals surface area contributed by atoms with Gasteiger partial charge in [0.25, 0.3) is 5.91 Å². The van der Waals surface area contributed by atoms with Crippen molar-refractivity contribution in [2.45, 2.75) is 31.9 Å². The maximum Gasteiger partial charge on any atom is 0.312 e. The first kappa shape index (κ1) is 20.5. The Morgan fingerprint density at radius 2 is 2.07 bits per heavy atom. The first-order chi connectivity index (χ1) is 14.4. The SMILES string of the molecule is CN(Cc1ccccc1F)CC1CC2(CCN(C(=O)c3nccn3C)CC2)C(=O)O1. The lowest BCUT2D eigenvalue weighted by Gasteiger charge is -2.36. The largest absolute Gasteiger partial charge is 0.461 e. The molecular weight excluding hydrogens is 387 g/mol. The minimum absolute atomic E-state index is 0.107. The van der Waals surface area contributed by atoms with Gasteiger partial charge in [-0.2, -0.15) is 0 Å². The van der Waals surface area contributed by atoms with E-state index in [1.54, 1.807) is 41.0 Å². The zero-order valence-corrected chi connectivity index (χ0v) is 17.4. The number of aromatic nitrogens is 2. The Morgan fingerprint density at radius 3 is 2.73 bits per heavy atom. The molecule has 2 saturated heterocycles. The van der Waals surface area contributed by atoms with E-state index in [0.29, 0.717) is 56.8 Å². The summed E-state index contributed by atoms with van der Waals surface area (Å²) in [6.07, 6.45) is 4.96. The van der Waals surface area contributed by atoms with Gasteiger partial charge in [0.05, 0.1) is 5.41 Å². The number of benzene rings is 1. The first-order valence-corrected chi connectivity index (χ1v) is 10.3. The van der Waals surface area contributed by atoms with E-state index in [1.807, 2.05) is 18.0 Å². The molecule has 7 nitrogen and oxygen atoms in total. The number of hydrogen-bond donors (Lipinski definition) is 0. The normalized spacial score (nSPS) is 20.7. The number of likely N-dealkylation sites (N-methyl/N-ethyl adjacent to an activating group) is 1. The zero-order chi connectivity index (χ0) is 21.3. The molecule has 2 aliphatic rings. The van der Waals surface area contributed by atoms with Gasteiger partial charge in [-0.25, -0.2) is 9.37 Å². The van der Waals surface area contributed by atoms with Gasteiger partial charge in [-0.05, 0) is 26.0 Å². The molecule has 1 aromatic heterocycles. The lowest BCUT2D eigenvalue weighted by Crippen LogP contribution is -2.45. The number of esters is 1. The molecule has 2 aromatic rings. The summed E-state index contributed by atoms with van der Waals surface area (Å²) in [6, 6.07) is 6.71. The summed E-state index contributed by atoms with van der Waals surface area (Å²) in [6.45, 7) is 2.04. The molecule has 1 amide bonds. The van der Waals surface area contributed by atoms with Crippen LogP contribution >= 0.6 is 0 Å². The predicted molar refractivity (Wildman–Crippen MR) is 108 cm³/mol. The van der Waals surface area contributed by atoms with E-state index < -0.39 is 5.41 Å². The number of likely N-dealkylation sites (tertiary alicyclic amines) is 1. The molecule has 30 heavy (non-hydrogen) atoms. The Balaban J connectivity index is 1.33. The Hall–Kier alpha value is -2.74. The molecule has 3 heterocycles.